The second-order valence-electron chi connectivity index (χ2n) is 3.58. The van der Waals surface area contributed by atoms with Crippen LogP contribution in [0.1, 0.15) is 25.0 Å². The Balaban J connectivity index is 2.67. The summed E-state index contributed by atoms with van der Waals surface area (Å²) in [6, 6.07) is 0. The minimum absolute atomic E-state index is 0.150. The highest BCUT2D eigenvalue weighted by atomic mass is 19.4. The molecule has 4 nitrogen and oxygen atoms in total. The maximum absolute atomic E-state index is 12.0. The van der Waals surface area contributed by atoms with Gasteiger partial charge in [-0.15, -0.1) is 0 Å². The maximum Gasteiger partial charge on any atom is 0.406 e. The lowest BCUT2D eigenvalue weighted by atomic mass is 10.1. The van der Waals surface area contributed by atoms with Crippen molar-refractivity contribution in [2.75, 3.05) is 0 Å². The Morgan fingerprint density at radius 1 is 1.62 bits per heavy atom. The van der Waals surface area contributed by atoms with Crippen LogP contribution in [0.5, 0.6) is 0 Å². The van der Waals surface area contributed by atoms with Gasteiger partial charge in [0.1, 0.15) is 6.54 Å². The second-order valence-corrected chi connectivity index (χ2v) is 3.58. The number of hydrogen-bond donors (Lipinski definition) is 1. The van der Waals surface area contributed by atoms with Gasteiger partial charge in [0.25, 0.3) is 0 Å². The summed E-state index contributed by atoms with van der Waals surface area (Å²) >= 11 is 0. The van der Waals surface area contributed by atoms with E-state index in [9.17, 15) is 18.0 Å². The SMILES string of the molecule is CC(CC(=O)O)c1cn(CC(F)(F)F)cn1. The summed E-state index contributed by atoms with van der Waals surface area (Å²) in [5, 5.41) is 8.52. The molecule has 1 unspecified atom stereocenters. The fraction of sp³-hybridized carbons (Fsp3) is 0.556. The van der Waals surface area contributed by atoms with Crippen LogP contribution < -0.4 is 0 Å². The number of aliphatic carboxylic acids is 1. The van der Waals surface area contributed by atoms with Crippen molar-refractivity contribution in [1.29, 1.82) is 0 Å². The number of carboxylic acids is 1. The van der Waals surface area contributed by atoms with Crippen LogP contribution in [0, 0.1) is 0 Å². The van der Waals surface area contributed by atoms with Crippen LogP contribution in [0.4, 0.5) is 13.2 Å². The zero-order valence-electron chi connectivity index (χ0n) is 8.53. The van der Waals surface area contributed by atoms with E-state index < -0.39 is 24.6 Å². The molecule has 1 rings (SSSR count). The maximum atomic E-state index is 12.0. The molecule has 1 aromatic rings. The van der Waals surface area contributed by atoms with Crippen molar-refractivity contribution in [3.63, 3.8) is 0 Å². The largest absolute Gasteiger partial charge is 0.481 e. The van der Waals surface area contributed by atoms with Crippen molar-refractivity contribution in [2.24, 2.45) is 0 Å². The van der Waals surface area contributed by atoms with E-state index in [1.807, 2.05) is 0 Å². The van der Waals surface area contributed by atoms with E-state index in [-0.39, 0.29) is 6.42 Å². The Kier molecular flexibility index (Phi) is 3.56. The van der Waals surface area contributed by atoms with Gasteiger partial charge in [0.05, 0.1) is 18.4 Å². The molecule has 1 heterocycles. The normalized spacial score (nSPS) is 13.8. The van der Waals surface area contributed by atoms with Gasteiger partial charge in [0.2, 0.25) is 0 Å². The zero-order valence-corrected chi connectivity index (χ0v) is 8.53. The Labute approximate surface area is 89.7 Å². The number of carboxylic acid groups (broad SMARTS) is 1. The molecule has 0 spiro atoms. The molecule has 0 amide bonds. The van der Waals surface area contributed by atoms with Crippen molar-refractivity contribution in [1.82, 2.24) is 9.55 Å². The molecule has 0 aliphatic carbocycles. The Morgan fingerprint density at radius 2 is 2.25 bits per heavy atom. The van der Waals surface area contributed by atoms with Crippen LogP contribution in [0.15, 0.2) is 12.5 Å². The van der Waals surface area contributed by atoms with Gasteiger partial charge in [0.15, 0.2) is 0 Å². The molecule has 90 valence electrons. The molecule has 1 atom stereocenters. The summed E-state index contributed by atoms with van der Waals surface area (Å²) in [5.74, 6) is -1.40. The average molecular weight is 236 g/mol. The molecule has 0 aliphatic rings. The number of aromatic nitrogens is 2. The lowest BCUT2D eigenvalue weighted by Crippen LogP contribution is -2.16. The highest BCUT2D eigenvalue weighted by Crippen LogP contribution is 2.20. The van der Waals surface area contributed by atoms with E-state index in [2.05, 4.69) is 4.98 Å². The van der Waals surface area contributed by atoms with Crippen molar-refractivity contribution in [2.45, 2.75) is 32.0 Å². The quantitative estimate of drug-likeness (QED) is 0.870. The van der Waals surface area contributed by atoms with E-state index in [0.717, 1.165) is 10.9 Å². The van der Waals surface area contributed by atoms with Crippen molar-refractivity contribution in [3.05, 3.63) is 18.2 Å². The molecule has 0 aliphatic heterocycles. The van der Waals surface area contributed by atoms with Gasteiger partial charge in [0, 0.05) is 12.1 Å². The first-order valence-corrected chi connectivity index (χ1v) is 4.58. The first kappa shape index (κ1) is 12.5. The minimum Gasteiger partial charge on any atom is -0.481 e. The Hall–Kier alpha value is -1.53. The number of alkyl halides is 3. The summed E-state index contributed by atoms with van der Waals surface area (Å²) in [4.78, 5) is 14.2. The van der Waals surface area contributed by atoms with Gasteiger partial charge in [-0.25, -0.2) is 4.98 Å². The highest BCUT2D eigenvalue weighted by molar-refractivity contribution is 5.67. The van der Waals surface area contributed by atoms with Gasteiger partial charge in [-0.05, 0) is 0 Å². The summed E-state index contributed by atoms with van der Waals surface area (Å²) in [6.07, 6.45) is -2.17. The predicted molar refractivity (Wildman–Crippen MR) is 48.9 cm³/mol. The summed E-state index contributed by atoms with van der Waals surface area (Å²) in [5.41, 5.74) is 0.353. The number of nitrogens with zero attached hydrogens (tertiary/aromatic N) is 2. The average Bonchev–Trinajstić information content (AvgIpc) is 2.48. The number of carbonyl (C=O) groups is 1. The van der Waals surface area contributed by atoms with Crippen LogP contribution in [0.25, 0.3) is 0 Å². The molecule has 0 saturated carbocycles. The summed E-state index contributed by atoms with van der Waals surface area (Å²) in [6.45, 7) is 0.494. The third-order valence-electron chi connectivity index (χ3n) is 2.00. The fourth-order valence-electron chi connectivity index (χ4n) is 1.29. The third kappa shape index (κ3) is 3.92. The van der Waals surface area contributed by atoms with Crippen LogP contribution in [0.3, 0.4) is 0 Å². The first-order chi connectivity index (χ1) is 7.28. The lowest BCUT2D eigenvalue weighted by Gasteiger charge is -2.06. The lowest BCUT2D eigenvalue weighted by molar-refractivity contribution is -0.141. The molecular weight excluding hydrogens is 225 g/mol. The Bertz CT molecular complexity index is 373. The van der Waals surface area contributed by atoms with Gasteiger partial charge < -0.3 is 9.67 Å². The molecule has 0 saturated heterocycles. The van der Waals surface area contributed by atoms with E-state index in [1.54, 1.807) is 6.92 Å². The van der Waals surface area contributed by atoms with Crippen LogP contribution in [0.2, 0.25) is 0 Å². The second kappa shape index (κ2) is 4.54. The smallest absolute Gasteiger partial charge is 0.406 e. The van der Waals surface area contributed by atoms with Crippen LogP contribution >= 0.6 is 0 Å². The molecule has 0 fully saturated rings. The molecule has 0 bridgehead atoms. The first-order valence-electron chi connectivity index (χ1n) is 4.58. The molecule has 7 heteroatoms. The van der Waals surface area contributed by atoms with Gasteiger partial charge >= 0.3 is 12.1 Å². The fourth-order valence-corrected chi connectivity index (χ4v) is 1.29. The molecule has 0 aromatic carbocycles. The van der Waals surface area contributed by atoms with E-state index >= 15 is 0 Å². The third-order valence-corrected chi connectivity index (χ3v) is 2.00. The van der Waals surface area contributed by atoms with Crippen molar-refractivity contribution < 1.29 is 23.1 Å². The summed E-state index contributed by atoms with van der Waals surface area (Å²) in [7, 11) is 0. The Morgan fingerprint density at radius 3 is 2.75 bits per heavy atom. The standard InChI is InChI=1S/C9H11F3N2O2/c1-6(2-8(15)16)7-3-14(5-13-7)4-9(10,11)12/h3,5-6H,2,4H2,1H3,(H,15,16). The number of imidazole rings is 1. The monoisotopic (exact) mass is 236 g/mol. The van der Waals surface area contributed by atoms with Crippen molar-refractivity contribution in [3.8, 4) is 0 Å². The van der Waals surface area contributed by atoms with Gasteiger partial charge in [-0.1, -0.05) is 6.92 Å². The number of rotatable bonds is 4. The minimum atomic E-state index is -4.30. The highest BCUT2D eigenvalue weighted by Gasteiger charge is 2.28. The molecule has 1 aromatic heterocycles. The molecule has 1 N–H and O–H groups in total. The molecule has 0 radical (unpaired) electrons. The van der Waals surface area contributed by atoms with Gasteiger partial charge in [-0.2, -0.15) is 13.2 Å². The predicted octanol–water partition coefficient (Wildman–Crippen LogP) is 2.02. The number of hydrogen-bond acceptors (Lipinski definition) is 2. The molecule has 16 heavy (non-hydrogen) atoms. The summed E-state index contributed by atoms with van der Waals surface area (Å²) < 4.78 is 37.0. The van der Waals surface area contributed by atoms with Crippen molar-refractivity contribution >= 4 is 5.97 Å². The van der Waals surface area contributed by atoms with Gasteiger partial charge in [-0.3, -0.25) is 4.79 Å². The zero-order chi connectivity index (χ0) is 12.3. The topological polar surface area (TPSA) is 55.1 Å². The molecular formula is C9H11F3N2O2. The van der Waals surface area contributed by atoms with E-state index in [1.165, 1.54) is 6.20 Å². The van der Waals surface area contributed by atoms with Crippen LogP contribution in [-0.4, -0.2) is 26.8 Å². The van der Waals surface area contributed by atoms with E-state index in [0.29, 0.717) is 5.69 Å². The number of halogens is 3. The van der Waals surface area contributed by atoms with E-state index in [4.69, 9.17) is 5.11 Å². The van der Waals surface area contributed by atoms with Crippen LogP contribution in [-0.2, 0) is 11.3 Å².